The summed E-state index contributed by atoms with van der Waals surface area (Å²) < 4.78 is 0.881. The Labute approximate surface area is 139 Å². The lowest BCUT2D eigenvalue weighted by atomic mass is 9.79. The van der Waals surface area contributed by atoms with Crippen LogP contribution in [0.2, 0.25) is 5.02 Å². The predicted molar refractivity (Wildman–Crippen MR) is 90.8 cm³/mol. The lowest BCUT2D eigenvalue weighted by Gasteiger charge is -2.27. The Kier molecular flexibility index (Phi) is 4.68. The molecule has 2 aromatic carbocycles. The van der Waals surface area contributed by atoms with Crippen LogP contribution in [-0.4, -0.2) is 5.11 Å². The second-order valence-corrected chi connectivity index (χ2v) is 7.00. The van der Waals surface area contributed by atoms with E-state index in [9.17, 15) is 5.11 Å². The topological polar surface area (TPSA) is 20.2 Å². The highest BCUT2D eigenvalue weighted by Crippen LogP contribution is 2.39. The van der Waals surface area contributed by atoms with Gasteiger partial charge in [0.25, 0.3) is 0 Å². The summed E-state index contributed by atoms with van der Waals surface area (Å²) >= 11 is 9.47. The van der Waals surface area contributed by atoms with Crippen LogP contribution in [0.4, 0.5) is 0 Å². The fraction of sp³-hybridized carbons (Fsp3) is 0.333. The van der Waals surface area contributed by atoms with E-state index >= 15 is 0 Å². The molecule has 1 aliphatic rings. The molecule has 110 valence electrons. The van der Waals surface area contributed by atoms with Crippen molar-refractivity contribution in [1.29, 1.82) is 0 Å². The monoisotopic (exact) mass is 364 g/mol. The van der Waals surface area contributed by atoms with Crippen LogP contribution in [0.25, 0.3) is 0 Å². The van der Waals surface area contributed by atoms with Gasteiger partial charge in [-0.25, -0.2) is 0 Å². The van der Waals surface area contributed by atoms with E-state index in [1.165, 1.54) is 17.5 Å². The van der Waals surface area contributed by atoms with E-state index < -0.39 is 6.10 Å². The molecule has 0 saturated carbocycles. The Balaban J connectivity index is 1.81. The van der Waals surface area contributed by atoms with Gasteiger partial charge in [0.1, 0.15) is 0 Å². The van der Waals surface area contributed by atoms with Gasteiger partial charge in [-0.3, -0.25) is 0 Å². The average Bonchev–Trinajstić information content (AvgIpc) is 2.47. The molecule has 0 heterocycles. The molecule has 0 bridgehead atoms. The molecule has 0 amide bonds. The molecule has 3 rings (SSSR count). The Morgan fingerprint density at radius 1 is 1.24 bits per heavy atom. The van der Waals surface area contributed by atoms with Crippen LogP contribution in [0, 0.1) is 0 Å². The summed E-state index contributed by atoms with van der Waals surface area (Å²) in [5.41, 5.74) is 3.77. The third-order valence-electron chi connectivity index (χ3n) is 4.32. The summed E-state index contributed by atoms with van der Waals surface area (Å²) in [6.45, 7) is 0. The molecular formula is C18H18BrClO. The third-order valence-corrected chi connectivity index (χ3v) is 5.24. The van der Waals surface area contributed by atoms with Crippen molar-refractivity contribution in [2.75, 3.05) is 0 Å². The van der Waals surface area contributed by atoms with Crippen LogP contribution in [0.3, 0.4) is 0 Å². The summed E-state index contributed by atoms with van der Waals surface area (Å²) in [4.78, 5) is 0. The van der Waals surface area contributed by atoms with Crippen molar-refractivity contribution < 1.29 is 5.11 Å². The van der Waals surface area contributed by atoms with E-state index in [-0.39, 0.29) is 0 Å². The average molecular weight is 366 g/mol. The van der Waals surface area contributed by atoms with Gasteiger partial charge in [-0.05, 0) is 60.4 Å². The summed E-state index contributed by atoms with van der Waals surface area (Å²) in [6.07, 6.45) is 3.81. The van der Waals surface area contributed by atoms with Crippen molar-refractivity contribution in [3.05, 3.63) is 68.7 Å². The summed E-state index contributed by atoms with van der Waals surface area (Å²) in [5.74, 6) is 0.438. The summed E-state index contributed by atoms with van der Waals surface area (Å²) in [7, 11) is 0. The molecule has 0 aliphatic heterocycles. The van der Waals surface area contributed by atoms with Crippen LogP contribution < -0.4 is 0 Å². The maximum Gasteiger partial charge on any atom is 0.0806 e. The fourth-order valence-corrected chi connectivity index (χ4v) is 4.21. The van der Waals surface area contributed by atoms with Gasteiger partial charge in [0.2, 0.25) is 0 Å². The van der Waals surface area contributed by atoms with E-state index in [0.717, 1.165) is 29.3 Å². The molecular weight excluding hydrogens is 348 g/mol. The first-order valence-corrected chi connectivity index (χ1v) is 8.53. The molecule has 0 saturated heterocycles. The minimum atomic E-state index is -0.465. The van der Waals surface area contributed by atoms with E-state index in [2.05, 4.69) is 40.2 Å². The van der Waals surface area contributed by atoms with Crippen LogP contribution >= 0.6 is 27.5 Å². The fourth-order valence-electron chi connectivity index (χ4n) is 3.27. The smallest absolute Gasteiger partial charge is 0.0806 e. The maximum absolute atomic E-state index is 10.6. The number of benzene rings is 2. The molecule has 2 atom stereocenters. The Bertz CT molecular complexity index is 641. The highest BCUT2D eigenvalue weighted by molar-refractivity contribution is 9.10. The van der Waals surface area contributed by atoms with Gasteiger partial charge in [-0.1, -0.05) is 57.9 Å². The zero-order valence-corrected chi connectivity index (χ0v) is 14.1. The van der Waals surface area contributed by atoms with Crippen molar-refractivity contribution >= 4 is 27.5 Å². The Morgan fingerprint density at radius 2 is 2.05 bits per heavy atom. The van der Waals surface area contributed by atoms with Gasteiger partial charge >= 0.3 is 0 Å². The van der Waals surface area contributed by atoms with Crippen LogP contribution in [0.5, 0.6) is 0 Å². The molecule has 0 aromatic heterocycles. The Morgan fingerprint density at radius 3 is 2.86 bits per heavy atom. The first-order valence-electron chi connectivity index (χ1n) is 7.36. The molecule has 2 aromatic rings. The minimum Gasteiger partial charge on any atom is -0.388 e. The zero-order chi connectivity index (χ0) is 14.8. The number of halogens is 2. The molecule has 1 aliphatic carbocycles. The third kappa shape index (κ3) is 3.33. The molecule has 1 N–H and O–H groups in total. The van der Waals surface area contributed by atoms with Crippen LogP contribution in [0.15, 0.2) is 46.9 Å². The highest BCUT2D eigenvalue weighted by Gasteiger charge is 2.23. The van der Waals surface area contributed by atoms with Crippen molar-refractivity contribution in [1.82, 2.24) is 0 Å². The predicted octanol–water partition coefficient (Wildman–Crippen LogP) is 5.65. The second kappa shape index (κ2) is 6.51. The Hall–Kier alpha value is -0.830. The highest BCUT2D eigenvalue weighted by atomic mass is 79.9. The number of aliphatic hydroxyl groups is 1. The van der Waals surface area contributed by atoms with Gasteiger partial charge in [0.05, 0.1) is 6.10 Å². The second-order valence-electron chi connectivity index (χ2n) is 5.71. The van der Waals surface area contributed by atoms with Crippen molar-refractivity contribution in [3.8, 4) is 0 Å². The quantitative estimate of drug-likeness (QED) is 0.745. The van der Waals surface area contributed by atoms with Gasteiger partial charge in [-0.2, -0.15) is 0 Å². The van der Waals surface area contributed by atoms with Gasteiger partial charge in [-0.15, -0.1) is 0 Å². The molecule has 2 unspecified atom stereocenters. The maximum atomic E-state index is 10.6. The normalized spacial score (nSPS) is 19.1. The minimum absolute atomic E-state index is 0.438. The standard InChI is InChI=1S/C18H18BrClO/c19-17-11-14(20)8-9-16(17)18(21)10-13-6-3-5-12-4-1-2-7-15(12)13/h1-2,4,7-9,11,13,18,21H,3,5-6,10H2. The number of rotatable bonds is 3. The lowest BCUT2D eigenvalue weighted by Crippen LogP contribution is -2.13. The largest absolute Gasteiger partial charge is 0.388 e. The van der Waals surface area contributed by atoms with Gasteiger partial charge in [0, 0.05) is 9.50 Å². The number of hydrogen-bond donors (Lipinski definition) is 1. The molecule has 3 heteroatoms. The van der Waals surface area contributed by atoms with Crippen molar-refractivity contribution in [3.63, 3.8) is 0 Å². The molecule has 1 nitrogen and oxygen atoms in total. The molecule has 0 spiro atoms. The number of aliphatic hydroxyl groups excluding tert-OH is 1. The first-order chi connectivity index (χ1) is 10.1. The van der Waals surface area contributed by atoms with Gasteiger partial charge < -0.3 is 5.11 Å². The van der Waals surface area contributed by atoms with Crippen LogP contribution in [0.1, 0.15) is 48.0 Å². The van der Waals surface area contributed by atoms with E-state index in [4.69, 9.17) is 11.6 Å². The van der Waals surface area contributed by atoms with Crippen LogP contribution in [-0.2, 0) is 6.42 Å². The zero-order valence-electron chi connectivity index (χ0n) is 11.7. The molecule has 0 fully saturated rings. The van der Waals surface area contributed by atoms with Crippen molar-refractivity contribution in [2.45, 2.75) is 37.7 Å². The molecule has 21 heavy (non-hydrogen) atoms. The molecule has 0 radical (unpaired) electrons. The van der Waals surface area contributed by atoms with E-state index in [0.29, 0.717) is 10.9 Å². The number of fused-ring (bicyclic) bond motifs is 1. The van der Waals surface area contributed by atoms with E-state index in [1.807, 2.05) is 18.2 Å². The SMILES string of the molecule is OC(CC1CCCc2ccccc21)c1ccc(Cl)cc1Br. The lowest BCUT2D eigenvalue weighted by molar-refractivity contribution is 0.153. The number of hydrogen-bond acceptors (Lipinski definition) is 1. The van der Waals surface area contributed by atoms with Gasteiger partial charge in [0.15, 0.2) is 0 Å². The van der Waals surface area contributed by atoms with E-state index in [1.54, 1.807) is 0 Å². The summed E-state index contributed by atoms with van der Waals surface area (Å²) in [6, 6.07) is 14.2. The summed E-state index contributed by atoms with van der Waals surface area (Å²) in [5, 5.41) is 11.3. The van der Waals surface area contributed by atoms with Crippen molar-refractivity contribution in [2.24, 2.45) is 0 Å². The first kappa shape index (κ1) is 15.1. The number of aryl methyl sites for hydroxylation is 1.